The fourth-order valence-corrected chi connectivity index (χ4v) is 0.813. The van der Waals surface area contributed by atoms with Gasteiger partial charge in [-0.3, -0.25) is 4.79 Å². The van der Waals surface area contributed by atoms with Crippen LogP contribution in [0.5, 0.6) is 0 Å². The Bertz CT molecular complexity index is 145. The zero-order valence-corrected chi connectivity index (χ0v) is 6.67. The van der Waals surface area contributed by atoms with E-state index in [4.69, 9.17) is 10.5 Å². The van der Waals surface area contributed by atoms with Gasteiger partial charge in [-0.05, 0) is 6.42 Å². The van der Waals surface area contributed by atoms with E-state index in [1.807, 2.05) is 6.92 Å². The summed E-state index contributed by atoms with van der Waals surface area (Å²) < 4.78 is 4.89. The van der Waals surface area contributed by atoms with Gasteiger partial charge in [0.1, 0.15) is 0 Å². The molecule has 1 amide bonds. The van der Waals surface area contributed by atoms with E-state index in [0.29, 0.717) is 19.6 Å². The first-order valence-corrected chi connectivity index (χ1v) is 3.87. The van der Waals surface area contributed by atoms with Crippen LogP contribution >= 0.6 is 0 Å². The zero-order valence-electron chi connectivity index (χ0n) is 6.67. The largest absolute Gasteiger partial charge is 0.377 e. The summed E-state index contributed by atoms with van der Waals surface area (Å²) >= 11 is 0. The molecule has 0 bridgehead atoms. The molecule has 3 N–H and O–H groups in total. The number of carbonyl (C=O) groups is 1. The molecule has 11 heavy (non-hydrogen) atoms. The molecule has 64 valence electrons. The van der Waals surface area contributed by atoms with Crippen molar-refractivity contribution < 1.29 is 9.53 Å². The maximum atomic E-state index is 11.1. The number of amides is 1. The molecule has 0 saturated carbocycles. The summed E-state index contributed by atoms with van der Waals surface area (Å²) in [6, 6.07) is -0.171. The molecule has 0 spiro atoms. The molecule has 4 nitrogen and oxygen atoms in total. The van der Waals surface area contributed by atoms with E-state index in [9.17, 15) is 4.79 Å². The van der Waals surface area contributed by atoms with Crippen molar-refractivity contribution in [2.24, 2.45) is 5.73 Å². The SMILES string of the molecule is CC[C@@H](N)C(=O)NC1COC1. The monoisotopic (exact) mass is 158 g/mol. The molecule has 0 unspecified atom stereocenters. The maximum absolute atomic E-state index is 11.1. The molecular weight excluding hydrogens is 144 g/mol. The number of nitrogens with two attached hydrogens (primary N) is 1. The van der Waals surface area contributed by atoms with Crippen LogP contribution in [0.2, 0.25) is 0 Å². The van der Waals surface area contributed by atoms with E-state index in [1.165, 1.54) is 0 Å². The molecule has 1 saturated heterocycles. The van der Waals surface area contributed by atoms with E-state index in [2.05, 4.69) is 5.32 Å². The topological polar surface area (TPSA) is 64.4 Å². The fraction of sp³-hybridized carbons (Fsp3) is 0.857. The molecule has 1 heterocycles. The van der Waals surface area contributed by atoms with Gasteiger partial charge in [0.15, 0.2) is 0 Å². The van der Waals surface area contributed by atoms with Crippen molar-refractivity contribution in [3.05, 3.63) is 0 Å². The lowest BCUT2D eigenvalue weighted by atomic mass is 10.2. The average Bonchev–Trinajstić information content (AvgIpc) is 1.94. The summed E-state index contributed by atoms with van der Waals surface area (Å²) in [6.45, 7) is 3.14. The second kappa shape index (κ2) is 3.69. The van der Waals surface area contributed by atoms with Crippen LogP contribution in [-0.2, 0) is 9.53 Å². The molecule has 0 radical (unpaired) electrons. The lowest BCUT2D eigenvalue weighted by Crippen LogP contribution is -2.53. The number of rotatable bonds is 3. The number of hydrogen-bond donors (Lipinski definition) is 2. The predicted octanol–water partition coefficient (Wildman–Crippen LogP) is -0.761. The molecular formula is C7H14N2O2. The van der Waals surface area contributed by atoms with Gasteiger partial charge in [-0.25, -0.2) is 0 Å². The highest BCUT2D eigenvalue weighted by atomic mass is 16.5. The third kappa shape index (κ3) is 2.17. The van der Waals surface area contributed by atoms with E-state index >= 15 is 0 Å². The summed E-state index contributed by atoms with van der Waals surface area (Å²) in [5, 5.41) is 2.78. The highest BCUT2D eigenvalue weighted by molar-refractivity contribution is 5.81. The lowest BCUT2D eigenvalue weighted by molar-refractivity contribution is -0.126. The van der Waals surface area contributed by atoms with Gasteiger partial charge in [0.25, 0.3) is 0 Å². The Balaban J connectivity index is 2.19. The van der Waals surface area contributed by atoms with Crippen LogP contribution in [-0.4, -0.2) is 31.2 Å². The second-order valence-electron chi connectivity index (χ2n) is 2.76. The molecule has 1 rings (SSSR count). The zero-order chi connectivity index (χ0) is 8.27. The second-order valence-corrected chi connectivity index (χ2v) is 2.76. The van der Waals surface area contributed by atoms with E-state index in [0.717, 1.165) is 0 Å². The van der Waals surface area contributed by atoms with Crippen LogP contribution in [0.15, 0.2) is 0 Å². The molecule has 0 aliphatic carbocycles. The first-order chi connectivity index (χ1) is 5.24. The van der Waals surface area contributed by atoms with Crippen LogP contribution in [0.4, 0.5) is 0 Å². The standard InChI is InChI=1S/C7H14N2O2/c1-2-6(8)7(10)9-5-3-11-4-5/h5-6H,2-4,8H2,1H3,(H,9,10)/t6-/m1/s1. The van der Waals surface area contributed by atoms with Gasteiger partial charge < -0.3 is 15.8 Å². The first kappa shape index (κ1) is 8.49. The third-order valence-electron chi connectivity index (χ3n) is 1.76. The van der Waals surface area contributed by atoms with E-state index < -0.39 is 0 Å². The molecule has 1 aliphatic heterocycles. The van der Waals surface area contributed by atoms with Gasteiger partial charge in [-0.15, -0.1) is 0 Å². The number of hydrogen-bond acceptors (Lipinski definition) is 3. The van der Waals surface area contributed by atoms with Gasteiger partial charge in [0.2, 0.25) is 5.91 Å². The van der Waals surface area contributed by atoms with Crippen LogP contribution in [0.3, 0.4) is 0 Å². The van der Waals surface area contributed by atoms with Gasteiger partial charge in [0.05, 0.1) is 25.3 Å². The Morgan fingerprint density at radius 1 is 1.82 bits per heavy atom. The Morgan fingerprint density at radius 3 is 2.82 bits per heavy atom. The quantitative estimate of drug-likeness (QED) is 0.567. The lowest BCUT2D eigenvalue weighted by Gasteiger charge is -2.27. The molecule has 0 aromatic rings. The highest BCUT2D eigenvalue weighted by Crippen LogP contribution is 1.99. The Labute approximate surface area is 66.1 Å². The van der Waals surface area contributed by atoms with Gasteiger partial charge in [0, 0.05) is 0 Å². The van der Waals surface area contributed by atoms with Crippen molar-refractivity contribution in [1.29, 1.82) is 0 Å². The van der Waals surface area contributed by atoms with Crippen LogP contribution in [0.1, 0.15) is 13.3 Å². The van der Waals surface area contributed by atoms with Gasteiger partial charge in [-0.2, -0.15) is 0 Å². The van der Waals surface area contributed by atoms with Crippen molar-refractivity contribution in [3.63, 3.8) is 0 Å². The predicted molar refractivity (Wildman–Crippen MR) is 41.0 cm³/mol. The summed E-state index contributed by atoms with van der Waals surface area (Å²) in [5.74, 6) is -0.0687. The highest BCUT2D eigenvalue weighted by Gasteiger charge is 2.22. The Hall–Kier alpha value is -0.610. The normalized spacial score (nSPS) is 20.5. The first-order valence-electron chi connectivity index (χ1n) is 3.87. The smallest absolute Gasteiger partial charge is 0.237 e. The number of carbonyl (C=O) groups excluding carboxylic acids is 1. The van der Waals surface area contributed by atoms with Crippen molar-refractivity contribution in [1.82, 2.24) is 5.32 Å². The van der Waals surface area contributed by atoms with Crippen molar-refractivity contribution in [2.75, 3.05) is 13.2 Å². The number of nitrogens with one attached hydrogen (secondary N) is 1. The summed E-state index contributed by atoms with van der Waals surface area (Å²) in [6.07, 6.45) is 0.680. The van der Waals surface area contributed by atoms with Crippen molar-refractivity contribution >= 4 is 5.91 Å². The minimum absolute atomic E-state index is 0.0687. The number of ether oxygens (including phenoxy) is 1. The van der Waals surface area contributed by atoms with Crippen molar-refractivity contribution in [3.8, 4) is 0 Å². The van der Waals surface area contributed by atoms with Crippen LogP contribution in [0.25, 0.3) is 0 Å². The Kier molecular flexibility index (Phi) is 2.84. The summed E-state index contributed by atoms with van der Waals surface area (Å²) in [5.41, 5.74) is 5.49. The maximum Gasteiger partial charge on any atom is 0.237 e. The Morgan fingerprint density at radius 2 is 2.45 bits per heavy atom. The fourth-order valence-electron chi connectivity index (χ4n) is 0.813. The minimum Gasteiger partial charge on any atom is -0.377 e. The van der Waals surface area contributed by atoms with E-state index in [-0.39, 0.29) is 18.0 Å². The molecule has 1 aliphatic rings. The molecule has 1 fully saturated rings. The molecule has 1 atom stereocenters. The summed E-state index contributed by atoms with van der Waals surface area (Å²) in [4.78, 5) is 11.1. The van der Waals surface area contributed by atoms with Crippen LogP contribution in [0, 0.1) is 0 Å². The molecule has 0 aromatic carbocycles. The average molecular weight is 158 g/mol. The minimum atomic E-state index is -0.365. The van der Waals surface area contributed by atoms with E-state index in [1.54, 1.807) is 0 Å². The van der Waals surface area contributed by atoms with Gasteiger partial charge >= 0.3 is 0 Å². The summed E-state index contributed by atoms with van der Waals surface area (Å²) in [7, 11) is 0. The van der Waals surface area contributed by atoms with Gasteiger partial charge in [-0.1, -0.05) is 6.92 Å². The molecule has 4 heteroatoms. The van der Waals surface area contributed by atoms with Crippen LogP contribution < -0.4 is 11.1 Å². The third-order valence-corrected chi connectivity index (χ3v) is 1.76. The van der Waals surface area contributed by atoms with Crippen molar-refractivity contribution in [2.45, 2.75) is 25.4 Å². The molecule has 0 aromatic heterocycles.